The minimum atomic E-state index is -0.278. The van der Waals surface area contributed by atoms with Crippen LogP contribution in [0.1, 0.15) is 10.4 Å². The van der Waals surface area contributed by atoms with E-state index >= 15 is 0 Å². The van der Waals surface area contributed by atoms with Gasteiger partial charge < -0.3 is 10.3 Å². The van der Waals surface area contributed by atoms with Gasteiger partial charge in [0.1, 0.15) is 5.69 Å². The van der Waals surface area contributed by atoms with Crippen LogP contribution in [-0.2, 0) is 7.05 Å². The highest BCUT2D eigenvalue weighted by molar-refractivity contribution is 7.71. The van der Waals surface area contributed by atoms with Crippen molar-refractivity contribution in [3.8, 4) is 11.3 Å². The largest absolute Gasteiger partial charge is 0.332 e. The fourth-order valence-electron chi connectivity index (χ4n) is 2.67. The summed E-state index contributed by atoms with van der Waals surface area (Å²) in [5, 5.41) is 9.19. The molecule has 2 heterocycles. The molecule has 2 N–H and O–H groups in total. The lowest BCUT2D eigenvalue weighted by Crippen LogP contribution is -2.19. The van der Waals surface area contributed by atoms with Crippen LogP contribution in [0.3, 0.4) is 0 Å². The van der Waals surface area contributed by atoms with Gasteiger partial charge in [-0.2, -0.15) is 0 Å². The van der Waals surface area contributed by atoms with Gasteiger partial charge in [0.25, 0.3) is 11.5 Å². The third-order valence-electron chi connectivity index (χ3n) is 4.16. The molecule has 0 atom stereocenters. The van der Waals surface area contributed by atoms with Crippen LogP contribution in [0.4, 0.5) is 5.69 Å². The molecule has 4 rings (SSSR count). The number of carbonyl (C=O) groups is 1. The van der Waals surface area contributed by atoms with E-state index in [-0.39, 0.29) is 11.5 Å². The van der Waals surface area contributed by atoms with Crippen molar-refractivity contribution in [2.75, 3.05) is 5.32 Å². The molecular formula is C18H13N5O2S2. The number of nitrogens with zero attached hydrogens (tertiary/aromatic N) is 3. The van der Waals surface area contributed by atoms with Crippen molar-refractivity contribution in [2.45, 2.75) is 0 Å². The number of anilines is 1. The lowest BCUT2D eigenvalue weighted by Gasteiger charge is -2.08. The number of amides is 1. The van der Waals surface area contributed by atoms with Crippen LogP contribution in [0.25, 0.3) is 22.2 Å². The van der Waals surface area contributed by atoms with Gasteiger partial charge in [-0.05, 0) is 54.1 Å². The fourth-order valence-corrected chi connectivity index (χ4v) is 3.32. The van der Waals surface area contributed by atoms with E-state index in [1.54, 1.807) is 37.4 Å². The summed E-state index contributed by atoms with van der Waals surface area (Å²) in [6.45, 7) is 0. The molecule has 27 heavy (non-hydrogen) atoms. The number of nitrogens with one attached hydrogen (secondary N) is 2. The Balaban J connectivity index is 1.60. The summed E-state index contributed by atoms with van der Waals surface area (Å²) in [5.41, 5.74) is 3.13. The molecule has 0 saturated heterocycles. The van der Waals surface area contributed by atoms with Crippen molar-refractivity contribution in [1.29, 1.82) is 0 Å². The van der Waals surface area contributed by atoms with Gasteiger partial charge in [0.05, 0.1) is 10.9 Å². The van der Waals surface area contributed by atoms with E-state index in [2.05, 4.69) is 19.9 Å². The van der Waals surface area contributed by atoms with E-state index < -0.39 is 0 Å². The summed E-state index contributed by atoms with van der Waals surface area (Å²) in [6, 6.07) is 12.2. The number of hydrogen-bond donors (Lipinski definition) is 2. The van der Waals surface area contributed by atoms with Crippen molar-refractivity contribution in [3.05, 3.63) is 68.5 Å². The fraction of sp³-hybridized carbons (Fsp3) is 0.0556. The molecule has 0 aliphatic heterocycles. The molecule has 0 saturated carbocycles. The lowest BCUT2D eigenvalue weighted by molar-refractivity contribution is 0.102. The van der Waals surface area contributed by atoms with Gasteiger partial charge in [0.15, 0.2) is 4.77 Å². The number of benzene rings is 2. The normalized spacial score (nSPS) is 10.9. The second-order valence-corrected chi connectivity index (χ2v) is 6.87. The van der Waals surface area contributed by atoms with Crippen LogP contribution in [0.5, 0.6) is 0 Å². The molecule has 0 aliphatic carbocycles. The maximum absolute atomic E-state index is 12.6. The molecule has 0 unspecified atom stereocenters. The molecule has 0 radical (unpaired) electrons. The van der Waals surface area contributed by atoms with Gasteiger partial charge in [-0.25, -0.2) is 0 Å². The first-order valence-electron chi connectivity index (χ1n) is 7.95. The number of carbonyl (C=O) groups excluding carboxylic acids is 1. The van der Waals surface area contributed by atoms with E-state index in [0.29, 0.717) is 26.9 Å². The number of fused-ring (bicyclic) bond motifs is 1. The summed E-state index contributed by atoms with van der Waals surface area (Å²) in [5.74, 6) is -0.278. The minimum Gasteiger partial charge on any atom is -0.332 e. The van der Waals surface area contributed by atoms with Gasteiger partial charge >= 0.3 is 0 Å². The van der Waals surface area contributed by atoms with Crippen LogP contribution >= 0.6 is 23.8 Å². The van der Waals surface area contributed by atoms with Crippen molar-refractivity contribution >= 4 is 46.2 Å². The van der Waals surface area contributed by atoms with Gasteiger partial charge in [-0.1, -0.05) is 16.6 Å². The first-order chi connectivity index (χ1) is 13.0. The molecule has 9 heteroatoms. The number of hydrogen-bond acceptors (Lipinski definition) is 6. The molecule has 7 nitrogen and oxygen atoms in total. The molecule has 2 aromatic heterocycles. The zero-order valence-corrected chi connectivity index (χ0v) is 15.7. The van der Waals surface area contributed by atoms with E-state index in [4.69, 9.17) is 12.2 Å². The van der Waals surface area contributed by atoms with Crippen molar-refractivity contribution in [3.63, 3.8) is 0 Å². The summed E-state index contributed by atoms with van der Waals surface area (Å²) in [4.78, 5) is 27.7. The molecule has 134 valence electrons. The molecule has 2 aromatic carbocycles. The van der Waals surface area contributed by atoms with Crippen LogP contribution in [0, 0.1) is 4.77 Å². The average Bonchev–Trinajstić information content (AvgIpc) is 3.21. The van der Waals surface area contributed by atoms with Crippen LogP contribution in [0.2, 0.25) is 0 Å². The molecule has 0 bridgehead atoms. The van der Waals surface area contributed by atoms with Crippen molar-refractivity contribution < 1.29 is 4.79 Å². The standard InChI is InChI=1S/C18H13N5O2S2/c1-23-17(25)13-7-4-11(8-14(13)20-18(23)26)16(24)19-12-5-2-10(3-6-12)15-9-27-22-21-15/h2-9H,1H3,(H,19,24)(H,20,26). The molecule has 4 aromatic rings. The van der Waals surface area contributed by atoms with E-state index in [0.717, 1.165) is 11.3 Å². The van der Waals surface area contributed by atoms with Crippen molar-refractivity contribution in [1.82, 2.24) is 19.1 Å². The summed E-state index contributed by atoms with van der Waals surface area (Å²) in [7, 11) is 1.60. The number of aromatic nitrogens is 4. The second kappa shape index (κ2) is 6.86. The van der Waals surface area contributed by atoms with Crippen LogP contribution in [-0.4, -0.2) is 25.0 Å². The Hall–Kier alpha value is -3.17. The zero-order chi connectivity index (χ0) is 19.0. The van der Waals surface area contributed by atoms with E-state index in [1.165, 1.54) is 16.1 Å². The second-order valence-electron chi connectivity index (χ2n) is 5.88. The average molecular weight is 395 g/mol. The Morgan fingerprint density at radius 1 is 1.22 bits per heavy atom. The van der Waals surface area contributed by atoms with Crippen LogP contribution < -0.4 is 10.9 Å². The van der Waals surface area contributed by atoms with Crippen LogP contribution in [0.15, 0.2) is 52.6 Å². The molecule has 0 aliphatic rings. The van der Waals surface area contributed by atoms with Gasteiger partial charge in [0, 0.05) is 29.2 Å². The van der Waals surface area contributed by atoms with Gasteiger partial charge in [0.2, 0.25) is 0 Å². The molecule has 0 fully saturated rings. The van der Waals surface area contributed by atoms with E-state index in [9.17, 15) is 9.59 Å². The smallest absolute Gasteiger partial charge is 0.261 e. The Kier molecular flexibility index (Phi) is 4.38. The number of rotatable bonds is 3. The SMILES string of the molecule is Cn1c(=S)[nH]c2cc(C(=O)Nc3ccc(-c4csnn4)cc3)ccc2c1=O. The Morgan fingerprint density at radius 3 is 2.70 bits per heavy atom. The van der Waals surface area contributed by atoms with Gasteiger partial charge in [-0.15, -0.1) is 5.10 Å². The summed E-state index contributed by atoms with van der Waals surface area (Å²) in [6.07, 6.45) is 0. The highest BCUT2D eigenvalue weighted by Gasteiger charge is 2.10. The zero-order valence-electron chi connectivity index (χ0n) is 14.1. The predicted molar refractivity (Wildman–Crippen MR) is 108 cm³/mol. The Bertz CT molecular complexity index is 1260. The first kappa shape index (κ1) is 17.3. The highest BCUT2D eigenvalue weighted by Crippen LogP contribution is 2.20. The monoisotopic (exact) mass is 395 g/mol. The first-order valence-corrected chi connectivity index (χ1v) is 9.19. The number of aromatic amines is 1. The van der Waals surface area contributed by atoms with Crippen molar-refractivity contribution in [2.24, 2.45) is 7.05 Å². The predicted octanol–water partition coefficient (Wildman–Crippen LogP) is 3.37. The third-order valence-corrected chi connectivity index (χ3v) is 5.04. The third kappa shape index (κ3) is 3.29. The Labute approximate surface area is 162 Å². The van der Waals surface area contributed by atoms with Gasteiger partial charge in [-0.3, -0.25) is 14.2 Å². The lowest BCUT2D eigenvalue weighted by atomic mass is 10.1. The number of H-pyrrole nitrogens is 1. The topological polar surface area (TPSA) is 92.7 Å². The maximum atomic E-state index is 12.6. The maximum Gasteiger partial charge on any atom is 0.261 e. The molecule has 1 amide bonds. The molecule has 0 spiro atoms. The Morgan fingerprint density at radius 2 is 2.00 bits per heavy atom. The summed E-state index contributed by atoms with van der Waals surface area (Å²) < 4.78 is 5.50. The van der Waals surface area contributed by atoms with E-state index in [1.807, 2.05) is 17.5 Å². The minimum absolute atomic E-state index is 0.201. The quantitative estimate of drug-likeness (QED) is 0.519. The highest BCUT2D eigenvalue weighted by atomic mass is 32.1. The summed E-state index contributed by atoms with van der Waals surface area (Å²) >= 11 is 6.41. The molecular weight excluding hydrogens is 382 g/mol.